The molecule has 0 aliphatic rings. The van der Waals surface area contributed by atoms with Crippen LogP contribution in [0.1, 0.15) is 85.0 Å². The number of aliphatic carboxylic acids is 1. The van der Waals surface area contributed by atoms with Crippen LogP contribution >= 0.6 is 0 Å². The number of carboxylic acid groups (broad SMARTS) is 1. The summed E-state index contributed by atoms with van der Waals surface area (Å²) in [4.78, 5) is 11.4. The molecular weight excluding hydrogens is 360 g/mol. The van der Waals surface area contributed by atoms with E-state index in [2.05, 4.69) is 67.7 Å². The molecule has 0 fully saturated rings. The SMILES string of the molecule is CC/C=C\C/C=C\CC=CC/C=C\C/C=C\CCCCOC(CC)(CC)C(=O)O. The third-order valence-electron chi connectivity index (χ3n) is 4.83. The van der Waals surface area contributed by atoms with Crippen LogP contribution in [0.5, 0.6) is 0 Å². The molecule has 3 nitrogen and oxygen atoms in total. The van der Waals surface area contributed by atoms with Crippen LogP contribution in [0.4, 0.5) is 0 Å². The van der Waals surface area contributed by atoms with Gasteiger partial charge in [-0.1, -0.05) is 81.5 Å². The summed E-state index contributed by atoms with van der Waals surface area (Å²) in [6.45, 7) is 6.40. The second-order valence-electron chi connectivity index (χ2n) is 7.06. The Morgan fingerprint density at radius 2 is 1.17 bits per heavy atom. The van der Waals surface area contributed by atoms with Gasteiger partial charge in [0, 0.05) is 6.61 Å². The minimum absolute atomic E-state index is 0.508. The van der Waals surface area contributed by atoms with Gasteiger partial charge in [-0.05, 0) is 64.2 Å². The van der Waals surface area contributed by atoms with Gasteiger partial charge in [-0.25, -0.2) is 4.79 Å². The van der Waals surface area contributed by atoms with Gasteiger partial charge in [0.15, 0.2) is 5.60 Å². The van der Waals surface area contributed by atoms with E-state index in [1.165, 1.54) is 0 Å². The number of hydrogen-bond donors (Lipinski definition) is 1. The fourth-order valence-electron chi connectivity index (χ4n) is 2.82. The number of unbranched alkanes of at least 4 members (excludes halogenated alkanes) is 2. The quantitative estimate of drug-likeness (QED) is 0.190. The molecule has 164 valence electrons. The third-order valence-corrected chi connectivity index (χ3v) is 4.83. The van der Waals surface area contributed by atoms with Gasteiger partial charge in [0.05, 0.1) is 0 Å². The van der Waals surface area contributed by atoms with Crippen LogP contribution in [0.25, 0.3) is 0 Å². The fraction of sp³-hybridized carbons (Fsp3) is 0.577. The predicted octanol–water partition coefficient (Wildman–Crippen LogP) is 7.57. The molecule has 0 heterocycles. The summed E-state index contributed by atoms with van der Waals surface area (Å²) in [7, 11) is 0. The molecule has 3 heteroatoms. The summed E-state index contributed by atoms with van der Waals surface area (Å²) in [5, 5.41) is 9.32. The zero-order chi connectivity index (χ0) is 21.6. The van der Waals surface area contributed by atoms with Gasteiger partial charge in [-0.15, -0.1) is 0 Å². The van der Waals surface area contributed by atoms with Crippen molar-refractivity contribution in [2.24, 2.45) is 0 Å². The second kappa shape index (κ2) is 19.4. The number of allylic oxidation sites excluding steroid dienone is 10. The first-order valence-electron chi connectivity index (χ1n) is 11.2. The number of hydrogen-bond acceptors (Lipinski definition) is 2. The largest absolute Gasteiger partial charge is 0.479 e. The van der Waals surface area contributed by atoms with E-state index in [1.54, 1.807) is 0 Å². The van der Waals surface area contributed by atoms with Crippen LogP contribution in [-0.4, -0.2) is 23.3 Å². The summed E-state index contributed by atoms with van der Waals surface area (Å²) in [5.41, 5.74) is -1.00. The Labute approximate surface area is 178 Å². The molecule has 0 saturated carbocycles. The topological polar surface area (TPSA) is 46.5 Å². The molecule has 0 spiro atoms. The van der Waals surface area contributed by atoms with E-state index in [1.807, 2.05) is 13.8 Å². The van der Waals surface area contributed by atoms with Crippen molar-refractivity contribution in [2.75, 3.05) is 6.61 Å². The van der Waals surface area contributed by atoms with Crippen LogP contribution in [0.3, 0.4) is 0 Å². The molecule has 0 aromatic rings. The monoisotopic (exact) mass is 402 g/mol. The van der Waals surface area contributed by atoms with Crippen LogP contribution in [0, 0.1) is 0 Å². The maximum Gasteiger partial charge on any atom is 0.335 e. The highest BCUT2D eigenvalue weighted by Crippen LogP contribution is 2.21. The minimum Gasteiger partial charge on any atom is -0.479 e. The molecule has 0 aliphatic carbocycles. The molecular formula is C26H42O3. The Kier molecular flexibility index (Phi) is 18.2. The smallest absolute Gasteiger partial charge is 0.335 e. The molecule has 0 aliphatic heterocycles. The Morgan fingerprint density at radius 1 is 0.724 bits per heavy atom. The van der Waals surface area contributed by atoms with Crippen molar-refractivity contribution in [2.45, 2.75) is 90.6 Å². The molecule has 1 N–H and O–H groups in total. The second-order valence-corrected chi connectivity index (χ2v) is 7.06. The van der Waals surface area contributed by atoms with Crippen molar-refractivity contribution in [1.82, 2.24) is 0 Å². The van der Waals surface area contributed by atoms with E-state index in [4.69, 9.17) is 4.74 Å². The van der Waals surface area contributed by atoms with E-state index in [-0.39, 0.29) is 0 Å². The maximum atomic E-state index is 11.4. The summed E-state index contributed by atoms with van der Waals surface area (Å²) in [6, 6.07) is 0. The molecule has 0 radical (unpaired) electrons. The van der Waals surface area contributed by atoms with E-state index in [0.717, 1.165) is 51.4 Å². The minimum atomic E-state index is -1.00. The average molecular weight is 403 g/mol. The normalized spacial score (nSPS) is 13.2. The van der Waals surface area contributed by atoms with Crippen molar-refractivity contribution >= 4 is 5.97 Å². The van der Waals surface area contributed by atoms with Crippen molar-refractivity contribution in [3.05, 3.63) is 60.8 Å². The predicted molar refractivity (Wildman–Crippen MR) is 125 cm³/mol. The third kappa shape index (κ3) is 14.7. The lowest BCUT2D eigenvalue weighted by Gasteiger charge is -2.27. The van der Waals surface area contributed by atoms with E-state index < -0.39 is 11.6 Å². The summed E-state index contributed by atoms with van der Waals surface area (Å²) < 4.78 is 5.67. The average Bonchev–Trinajstić information content (AvgIpc) is 2.72. The van der Waals surface area contributed by atoms with Gasteiger partial charge in [0.1, 0.15) is 0 Å². The molecule has 0 amide bonds. The summed E-state index contributed by atoms with van der Waals surface area (Å²) in [6.07, 6.45) is 31.0. The number of carboxylic acids is 1. The van der Waals surface area contributed by atoms with Crippen molar-refractivity contribution in [3.8, 4) is 0 Å². The van der Waals surface area contributed by atoms with Gasteiger partial charge in [-0.3, -0.25) is 0 Å². The van der Waals surface area contributed by atoms with Gasteiger partial charge in [-0.2, -0.15) is 0 Å². The summed E-state index contributed by atoms with van der Waals surface area (Å²) in [5.74, 6) is -0.847. The highest BCUT2D eigenvalue weighted by molar-refractivity contribution is 5.77. The Morgan fingerprint density at radius 3 is 1.59 bits per heavy atom. The van der Waals surface area contributed by atoms with Gasteiger partial charge >= 0.3 is 5.97 Å². The lowest BCUT2D eigenvalue weighted by atomic mass is 9.97. The molecule has 0 atom stereocenters. The van der Waals surface area contributed by atoms with Crippen molar-refractivity contribution in [1.29, 1.82) is 0 Å². The molecule has 0 unspecified atom stereocenters. The number of ether oxygens (including phenoxy) is 1. The lowest BCUT2D eigenvalue weighted by Crippen LogP contribution is -2.40. The summed E-state index contributed by atoms with van der Waals surface area (Å²) >= 11 is 0. The molecule has 0 saturated heterocycles. The van der Waals surface area contributed by atoms with Crippen LogP contribution in [0.2, 0.25) is 0 Å². The van der Waals surface area contributed by atoms with Crippen LogP contribution in [0.15, 0.2) is 60.8 Å². The lowest BCUT2D eigenvalue weighted by molar-refractivity contribution is -0.167. The van der Waals surface area contributed by atoms with E-state index >= 15 is 0 Å². The van der Waals surface area contributed by atoms with Crippen LogP contribution < -0.4 is 0 Å². The van der Waals surface area contributed by atoms with Gasteiger partial charge < -0.3 is 9.84 Å². The number of rotatable bonds is 18. The van der Waals surface area contributed by atoms with Crippen LogP contribution in [-0.2, 0) is 9.53 Å². The zero-order valence-corrected chi connectivity index (χ0v) is 18.8. The van der Waals surface area contributed by atoms with E-state index in [0.29, 0.717) is 19.4 Å². The first-order valence-corrected chi connectivity index (χ1v) is 11.2. The maximum absolute atomic E-state index is 11.4. The highest BCUT2D eigenvalue weighted by atomic mass is 16.5. The fourth-order valence-corrected chi connectivity index (χ4v) is 2.82. The van der Waals surface area contributed by atoms with E-state index in [9.17, 15) is 9.90 Å². The van der Waals surface area contributed by atoms with Crippen molar-refractivity contribution in [3.63, 3.8) is 0 Å². The van der Waals surface area contributed by atoms with Crippen molar-refractivity contribution < 1.29 is 14.6 Å². The highest BCUT2D eigenvalue weighted by Gasteiger charge is 2.35. The molecule has 0 aromatic heterocycles. The Bertz CT molecular complexity index is 534. The zero-order valence-electron chi connectivity index (χ0n) is 18.8. The Balaban J connectivity index is 3.68. The molecule has 29 heavy (non-hydrogen) atoms. The first-order chi connectivity index (χ1) is 14.1. The van der Waals surface area contributed by atoms with Gasteiger partial charge in [0.25, 0.3) is 0 Å². The number of carbonyl (C=O) groups is 1. The standard InChI is InChI=1S/C26H42O3/c1-4-7-8-9-10-11-12-13-14-15-16-17-18-19-20-21-22-23-24-29-26(5-2,6-3)25(27)28/h7-8,10-11,13-14,16-17,19-20H,4-6,9,12,15,18,21-24H2,1-3H3,(H,27,28)/b8-7-,11-10-,14-13?,17-16-,20-19-. The first kappa shape index (κ1) is 27.1. The Hall–Kier alpha value is -1.87. The van der Waals surface area contributed by atoms with Gasteiger partial charge in [0.2, 0.25) is 0 Å². The molecule has 0 bridgehead atoms. The molecule has 0 aromatic carbocycles. The molecule has 0 rings (SSSR count).